The zero-order chi connectivity index (χ0) is 24.8. The second-order valence-electron chi connectivity index (χ2n) is 8.37. The van der Waals surface area contributed by atoms with E-state index in [1.165, 1.54) is 24.5 Å². The highest BCUT2D eigenvalue weighted by Gasteiger charge is 2.29. The Balaban J connectivity index is 1.59. The number of hydrogen-bond acceptors (Lipinski definition) is 7. The zero-order valence-corrected chi connectivity index (χ0v) is 19.2. The summed E-state index contributed by atoms with van der Waals surface area (Å²) in [6.07, 6.45) is 8.47. The average Bonchev–Trinajstić information content (AvgIpc) is 3.32. The van der Waals surface area contributed by atoms with Crippen LogP contribution in [0.25, 0.3) is 0 Å². The number of H-pyrrole nitrogens is 1. The Bertz CT molecular complexity index is 1360. The Kier molecular flexibility index (Phi) is 6.78. The molecule has 0 unspecified atom stereocenters. The molecule has 0 fully saturated rings. The van der Waals surface area contributed by atoms with Crippen molar-refractivity contribution < 1.29 is 9.18 Å². The number of aromatic nitrogens is 5. The molecule has 1 aromatic carbocycles. The van der Waals surface area contributed by atoms with Crippen molar-refractivity contribution in [1.82, 2.24) is 25.1 Å². The van der Waals surface area contributed by atoms with Gasteiger partial charge < -0.3 is 10.6 Å². The number of aryl methyl sites for hydroxylation is 1. The Morgan fingerprint density at radius 3 is 2.60 bits per heavy atom. The van der Waals surface area contributed by atoms with Crippen molar-refractivity contribution in [3.63, 3.8) is 0 Å². The van der Waals surface area contributed by atoms with Crippen molar-refractivity contribution >= 4 is 23.2 Å². The predicted molar refractivity (Wildman–Crippen MR) is 129 cm³/mol. The third-order valence-corrected chi connectivity index (χ3v) is 5.45. The number of nitrogens with one attached hydrogen (secondary N) is 3. The van der Waals surface area contributed by atoms with E-state index in [9.17, 15) is 10.1 Å². The molecule has 0 saturated heterocycles. The molecule has 0 atom stereocenters. The van der Waals surface area contributed by atoms with E-state index in [0.717, 1.165) is 5.69 Å². The molecule has 0 aliphatic rings. The third-order valence-electron chi connectivity index (χ3n) is 5.45. The third kappa shape index (κ3) is 5.47. The van der Waals surface area contributed by atoms with Crippen molar-refractivity contribution in [3.8, 4) is 6.07 Å². The van der Waals surface area contributed by atoms with E-state index in [2.05, 4.69) is 41.9 Å². The highest BCUT2D eigenvalue weighted by Crippen LogP contribution is 2.35. The fourth-order valence-corrected chi connectivity index (χ4v) is 3.75. The number of amides is 1. The van der Waals surface area contributed by atoms with Crippen LogP contribution in [0.2, 0.25) is 0 Å². The summed E-state index contributed by atoms with van der Waals surface area (Å²) in [6, 6.07) is 10.0. The van der Waals surface area contributed by atoms with Crippen molar-refractivity contribution in [3.05, 3.63) is 89.5 Å². The SMILES string of the molecule is CC(C)(C#N)c1c(NC(=O)c2ccncc2)ccc(F)c1CCc1cc(Nc2cnccn2)n[nH]1. The molecular formula is C25H23FN8O. The van der Waals surface area contributed by atoms with Crippen LogP contribution in [0.1, 0.15) is 41.0 Å². The monoisotopic (exact) mass is 470 g/mol. The van der Waals surface area contributed by atoms with Crippen molar-refractivity contribution in [2.75, 3.05) is 10.6 Å². The van der Waals surface area contributed by atoms with Gasteiger partial charge in [0.05, 0.1) is 17.7 Å². The lowest BCUT2D eigenvalue weighted by atomic mass is 9.80. The van der Waals surface area contributed by atoms with Crippen LogP contribution in [-0.2, 0) is 18.3 Å². The van der Waals surface area contributed by atoms with Crippen LogP contribution in [0.3, 0.4) is 0 Å². The molecule has 0 saturated carbocycles. The minimum Gasteiger partial charge on any atom is -0.322 e. The summed E-state index contributed by atoms with van der Waals surface area (Å²) >= 11 is 0. The first-order chi connectivity index (χ1) is 16.9. The summed E-state index contributed by atoms with van der Waals surface area (Å²) in [5.74, 6) is 0.292. The van der Waals surface area contributed by atoms with Gasteiger partial charge in [-0.25, -0.2) is 9.37 Å². The van der Waals surface area contributed by atoms with Crippen LogP contribution in [-0.4, -0.2) is 31.1 Å². The fourth-order valence-electron chi connectivity index (χ4n) is 3.75. The molecule has 10 heteroatoms. The Labute approximate surface area is 201 Å². The number of aromatic amines is 1. The van der Waals surface area contributed by atoms with Gasteiger partial charge in [-0.3, -0.25) is 19.9 Å². The first-order valence-corrected chi connectivity index (χ1v) is 10.9. The van der Waals surface area contributed by atoms with Gasteiger partial charge >= 0.3 is 0 Å². The molecule has 0 bridgehead atoms. The van der Waals surface area contributed by atoms with Gasteiger partial charge in [0, 0.05) is 53.4 Å². The van der Waals surface area contributed by atoms with E-state index in [1.54, 1.807) is 50.6 Å². The van der Waals surface area contributed by atoms with Gasteiger partial charge in [-0.1, -0.05) is 0 Å². The molecule has 0 spiro atoms. The molecule has 1 amide bonds. The number of carbonyl (C=O) groups is 1. The highest BCUT2D eigenvalue weighted by atomic mass is 19.1. The molecular weight excluding hydrogens is 447 g/mol. The number of pyridine rings is 1. The number of nitriles is 1. The van der Waals surface area contributed by atoms with Crippen LogP contribution in [0.4, 0.5) is 21.7 Å². The number of carbonyl (C=O) groups excluding carboxylic acids is 1. The minimum absolute atomic E-state index is 0.290. The van der Waals surface area contributed by atoms with E-state index in [0.29, 0.717) is 40.4 Å². The number of nitrogens with zero attached hydrogens (tertiary/aromatic N) is 5. The summed E-state index contributed by atoms with van der Waals surface area (Å²) in [4.78, 5) is 24.8. The van der Waals surface area contributed by atoms with Crippen molar-refractivity contribution in [2.24, 2.45) is 0 Å². The molecule has 3 N–H and O–H groups in total. The summed E-state index contributed by atoms with van der Waals surface area (Å²) in [5.41, 5.74) is 1.33. The summed E-state index contributed by atoms with van der Waals surface area (Å²) < 4.78 is 15.1. The maximum absolute atomic E-state index is 15.1. The van der Waals surface area contributed by atoms with Gasteiger partial charge in [0.2, 0.25) is 0 Å². The van der Waals surface area contributed by atoms with E-state index >= 15 is 4.39 Å². The summed E-state index contributed by atoms with van der Waals surface area (Å²) in [7, 11) is 0. The van der Waals surface area contributed by atoms with Crippen LogP contribution in [0, 0.1) is 17.1 Å². The first kappa shape index (κ1) is 23.5. The second kappa shape index (κ2) is 10.1. The Morgan fingerprint density at radius 2 is 1.89 bits per heavy atom. The zero-order valence-electron chi connectivity index (χ0n) is 19.2. The van der Waals surface area contributed by atoms with Crippen molar-refractivity contribution in [1.29, 1.82) is 5.26 Å². The lowest BCUT2D eigenvalue weighted by Crippen LogP contribution is -2.23. The maximum Gasteiger partial charge on any atom is 0.255 e. The minimum atomic E-state index is -1.05. The molecule has 9 nitrogen and oxygen atoms in total. The van der Waals surface area contributed by atoms with Crippen LogP contribution < -0.4 is 10.6 Å². The number of rotatable bonds is 8. The lowest BCUT2D eigenvalue weighted by molar-refractivity contribution is 0.102. The van der Waals surface area contributed by atoms with Gasteiger partial charge in [-0.15, -0.1) is 0 Å². The number of anilines is 3. The Hall–Kier alpha value is -4.65. The van der Waals surface area contributed by atoms with Gasteiger partial charge in [0.15, 0.2) is 5.82 Å². The van der Waals surface area contributed by atoms with Gasteiger partial charge in [0.1, 0.15) is 11.6 Å². The topological polar surface area (TPSA) is 132 Å². The number of hydrogen-bond donors (Lipinski definition) is 3. The lowest BCUT2D eigenvalue weighted by Gasteiger charge is -2.25. The molecule has 0 radical (unpaired) electrons. The first-order valence-electron chi connectivity index (χ1n) is 10.9. The summed E-state index contributed by atoms with van der Waals surface area (Å²) in [6.45, 7) is 3.40. The molecule has 176 valence electrons. The average molecular weight is 471 g/mol. The molecule has 0 aliphatic carbocycles. The van der Waals surface area contributed by atoms with Crippen molar-refractivity contribution in [2.45, 2.75) is 32.1 Å². The quantitative estimate of drug-likeness (QED) is 0.349. The Morgan fingerprint density at radius 1 is 1.09 bits per heavy atom. The van der Waals surface area contributed by atoms with Crippen LogP contribution >= 0.6 is 0 Å². The van der Waals surface area contributed by atoms with Gasteiger partial charge in [0.25, 0.3) is 5.91 Å². The molecule has 4 aromatic rings. The number of halogens is 1. The molecule has 4 rings (SSSR count). The molecule has 3 heterocycles. The smallest absolute Gasteiger partial charge is 0.255 e. The standard InChI is InChI=1S/C25H23FN8O/c1-25(2,15-27)23-18(4-3-17-13-21(34-33-17)32-22-14-29-11-12-30-22)19(26)5-6-20(23)31-24(35)16-7-9-28-10-8-16/h5-14H,3-4H2,1-2H3,(H,31,35)(H2,30,32,33,34). The predicted octanol–water partition coefficient (Wildman–Crippen LogP) is 4.32. The molecule has 35 heavy (non-hydrogen) atoms. The molecule has 3 aromatic heterocycles. The summed E-state index contributed by atoms with van der Waals surface area (Å²) in [5, 5.41) is 22.9. The maximum atomic E-state index is 15.1. The molecule has 0 aliphatic heterocycles. The van der Waals surface area contributed by atoms with Gasteiger partial charge in [-0.2, -0.15) is 10.4 Å². The largest absolute Gasteiger partial charge is 0.322 e. The van der Waals surface area contributed by atoms with E-state index in [1.807, 2.05) is 0 Å². The van der Waals surface area contributed by atoms with Gasteiger partial charge in [-0.05, 0) is 56.5 Å². The highest BCUT2D eigenvalue weighted by molar-refractivity contribution is 6.04. The fraction of sp³-hybridized carbons (Fsp3) is 0.200. The van der Waals surface area contributed by atoms with Crippen LogP contribution in [0.15, 0.2) is 61.3 Å². The van der Waals surface area contributed by atoms with E-state index < -0.39 is 11.2 Å². The van der Waals surface area contributed by atoms with Crippen LogP contribution in [0.5, 0.6) is 0 Å². The number of benzene rings is 1. The van der Waals surface area contributed by atoms with E-state index in [-0.39, 0.29) is 12.3 Å². The van der Waals surface area contributed by atoms with E-state index in [4.69, 9.17) is 0 Å². The normalized spacial score (nSPS) is 11.0. The second-order valence-corrected chi connectivity index (χ2v) is 8.37.